The van der Waals surface area contributed by atoms with Gasteiger partial charge in [-0.1, -0.05) is 0 Å². The number of nitrogens with zero attached hydrogens (tertiary/aromatic N) is 5. The first-order valence-electron chi connectivity index (χ1n) is 13.0. The zero-order chi connectivity index (χ0) is 22.7. The molecule has 0 amide bonds. The molecular weight excluding hydrogens is 428 g/mol. The van der Waals surface area contributed by atoms with Gasteiger partial charge >= 0.3 is 0 Å². The van der Waals surface area contributed by atoms with Crippen molar-refractivity contribution >= 4 is 11.0 Å². The Labute approximate surface area is 201 Å². The Morgan fingerprint density at radius 1 is 0.912 bits per heavy atom. The number of pyridine rings is 1. The minimum atomic E-state index is 0.605. The van der Waals surface area contributed by atoms with Crippen molar-refractivity contribution in [3.8, 4) is 11.1 Å². The van der Waals surface area contributed by atoms with Gasteiger partial charge in [0, 0.05) is 73.9 Å². The number of H-pyrrole nitrogens is 1. The number of morpholine rings is 2. The number of ether oxygens (including phenoxy) is 2. The third kappa shape index (κ3) is 4.77. The van der Waals surface area contributed by atoms with Crippen molar-refractivity contribution < 1.29 is 9.47 Å². The van der Waals surface area contributed by atoms with Crippen molar-refractivity contribution in [2.75, 3.05) is 59.2 Å². The van der Waals surface area contributed by atoms with Gasteiger partial charge in [-0.3, -0.25) is 14.5 Å². The van der Waals surface area contributed by atoms with Gasteiger partial charge in [0.1, 0.15) is 5.65 Å². The lowest BCUT2D eigenvalue weighted by molar-refractivity contribution is 0.00729. The number of nitrogens with one attached hydrogen (secondary N) is 1. The fourth-order valence-corrected chi connectivity index (χ4v) is 5.89. The first-order valence-corrected chi connectivity index (χ1v) is 13.0. The van der Waals surface area contributed by atoms with E-state index in [9.17, 15) is 0 Å². The lowest BCUT2D eigenvalue weighted by Gasteiger charge is -2.38. The lowest BCUT2D eigenvalue weighted by atomic mass is 9.81. The number of hydrogen-bond acceptors (Lipinski definition) is 6. The molecule has 0 unspecified atom stereocenters. The molecule has 182 valence electrons. The van der Waals surface area contributed by atoms with E-state index in [1.165, 1.54) is 42.2 Å². The summed E-state index contributed by atoms with van der Waals surface area (Å²) in [6.07, 6.45) is 13.4. The summed E-state index contributed by atoms with van der Waals surface area (Å²) in [6, 6.07) is 3.10. The molecule has 3 aromatic heterocycles. The van der Waals surface area contributed by atoms with Crippen molar-refractivity contribution in [3.63, 3.8) is 0 Å². The highest BCUT2D eigenvalue weighted by atomic mass is 16.5. The third-order valence-corrected chi connectivity index (χ3v) is 7.98. The van der Waals surface area contributed by atoms with E-state index in [4.69, 9.17) is 14.5 Å². The summed E-state index contributed by atoms with van der Waals surface area (Å²) in [4.78, 5) is 13.2. The summed E-state index contributed by atoms with van der Waals surface area (Å²) in [5.41, 5.74) is 4.70. The number of hydrogen-bond donors (Lipinski definition) is 1. The summed E-state index contributed by atoms with van der Waals surface area (Å²) in [5, 5.41) is 5.85. The molecule has 1 saturated carbocycles. The summed E-state index contributed by atoms with van der Waals surface area (Å²) in [5.74, 6) is 0.605. The van der Waals surface area contributed by atoms with E-state index >= 15 is 0 Å². The highest BCUT2D eigenvalue weighted by molar-refractivity contribution is 5.93. The van der Waals surface area contributed by atoms with Crippen LogP contribution in [0.1, 0.15) is 37.2 Å². The SMILES string of the molecule is c1nn(CCN2CCOCC2)cc1-c1c[nH]c2ncc(C3CCC(N4CCOCC4)CC3)cc12. The Morgan fingerprint density at radius 2 is 1.68 bits per heavy atom. The van der Waals surface area contributed by atoms with Crippen LogP contribution in [0.25, 0.3) is 22.2 Å². The second-order valence-electron chi connectivity index (χ2n) is 9.97. The van der Waals surface area contributed by atoms with Crippen LogP contribution in [0.4, 0.5) is 0 Å². The van der Waals surface area contributed by atoms with Gasteiger partial charge in [0.2, 0.25) is 0 Å². The summed E-state index contributed by atoms with van der Waals surface area (Å²) >= 11 is 0. The predicted molar refractivity (Wildman–Crippen MR) is 132 cm³/mol. The Morgan fingerprint density at radius 3 is 2.47 bits per heavy atom. The van der Waals surface area contributed by atoms with Crippen LogP contribution in [0.3, 0.4) is 0 Å². The minimum absolute atomic E-state index is 0.605. The van der Waals surface area contributed by atoms with E-state index in [1.54, 1.807) is 0 Å². The highest BCUT2D eigenvalue weighted by Gasteiger charge is 2.28. The fourth-order valence-electron chi connectivity index (χ4n) is 5.89. The van der Waals surface area contributed by atoms with Crippen LogP contribution < -0.4 is 0 Å². The van der Waals surface area contributed by atoms with E-state index in [0.717, 1.165) is 82.9 Å². The average molecular weight is 465 g/mol. The van der Waals surface area contributed by atoms with Crippen molar-refractivity contribution in [2.45, 2.75) is 44.2 Å². The first-order chi connectivity index (χ1) is 16.8. The van der Waals surface area contributed by atoms with Crippen molar-refractivity contribution in [1.29, 1.82) is 0 Å². The Kier molecular flexibility index (Phi) is 6.64. The first kappa shape index (κ1) is 22.2. The Hall–Kier alpha value is -2.26. The summed E-state index contributed by atoms with van der Waals surface area (Å²) < 4.78 is 13.1. The van der Waals surface area contributed by atoms with Crippen LogP contribution in [0, 0.1) is 0 Å². The van der Waals surface area contributed by atoms with E-state index in [1.807, 2.05) is 6.20 Å². The number of aromatic nitrogens is 4. The minimum Gasteiger partial charge on any atom is -0.379 e. The number of aromatic amines is 1. The van der Waals surface area contributed by atoms with E-state index in [2.05, 4.69) is 49.2 Å². The van der Waals surface area contributed by atoms with Crippen molar-refractivity contribution in [3.05, 3.63) is 36.4 Å². The Bertz CT molecular complexity index is 1070. The van der Waals surface area contributed by atoms with Gasteiger partial charge in [-0.25, -0.2) is 4.98 Å². The molecule has 0 atom stereocenters. The highest BCUT2D eigenvalue weighted by Crippen LogP contribution is 2.37. The smallest absolute Gasteiger partial charge is 0.137 e. The quantitative estimate of drug-likeness (QED) is 0.605. The molecule has 8 heteroatoms. The Balaban J connectivity index is 1.13. The maximum atomic E-state index is 5.54. The molecule has 6 rings (SSSR count). The third-order valence-electron chi connectivity index (χ3n) is 7.98. The monoisotopic (exact) mass is 464 g/mol. The van der Waals surface area contributed by atoms with Crippen LogP contribution >= 0.6 is 0 Å². The maximum absolute atomic E-state index is 5.54. The maximum Gasteiger partial charge on any atom is 0.137 e. The molecule has 2 saturated heterocycles. The van der Waals surface area contributed by atoms with Gasteiger partial charge in [0.05, 0.1) is 39.2 Å². The van der Waals surface area contributed by atoms with Crippen LogP contribution in [0.5, 0.6) is 0 Å². The summed E-state index contributed by atoms with van der Waals surface area (Å²) in [6.45, 7) is 9.58. The second-order valence-corrected chi connectivity index (χ2v) is 9.97. The van der Waals surface area contributed by atoms with Gasteiger partial charge in [0.15, 0.2) is 0 Å². The van der Waals surface area contributed by atoms with E-state index in [-0.39, 0.29) is 0 Å². The molecule has 2 aliphatic heterocycles. The molecule has 5 heterocycles. The number of fused-ring (bicyclic) bond motifs is 1. The molecule has 0 radical (unpaired) electrons. The molecular formula is C26H36N6O2. The predicted octanol–water partition coefficient (Wildman–Crippen LogP) is 3.12. The molecule has 34 heavy (non-hydrogen) atoms. The zero-order valence-electron chi connectivity index (χ0n) is 20.0. The largest absolute Gasteiger partial charge is 0.379 e. The van der Waals surface area contributed by atoms with E-state index < -0.39 is 0 Å². The molecule has 8 nitrogen and oxygen atoms in total. The molecule has 0 aromatic carbocycles. The molecule has 1 aliphatic carbocycles. The van der Waals surface area contributed by atoms with Gasteiger partial charge in [0.25, 0.3) is 0 Å². The topological polar surface area (TPSA) is 71.4 Å². The zero-order valence-corrected chi connectivity index (χ0v) is 20.0. The molecule has 3 aromatic rings. The summed E-state index contributed by atoms with van der Waals surface area (Å²) in [7, 11) is 0. The van der Waals surface area contributed by atoms with Gasteiger partial charge < -0.3 is 14.5 Å². The number of rotatable bonds is 6. The van der Waals surface area contributed by atoms with Crippen molar-refractivity contribution in [1.82, 2.24) is 29.5 Å². The second kappa shape index (κ2) is 10.2. The normalized spacial score (nSPS) is 25.2. The molecule has 3 aliphatic rings. The van der Waals surface area contributed by atoms with Crippen LogP contribution in [-0.2, 0) is 16.0 Å². The van der Waals surface area contributed by atoms with Crippen LogP contribution in [0.15, 0.2) is 30.9 Å². The van der Waals surface area contributed by atoms with Crippen molar-refractivity contribution in [2.24, 2.45) is 0 Å². The average Bonchev–Trinajstić information content (AvgIpc) is 3.55. The molecule has 1 N–H and O–H groups in total. The van der Waals surface area contributed by atoms with E-state index in [0.29, 0.717) is 5.92 Å². The molecule has 0 spiro atoms. The lowest BCUT2D eigenvalue weighted by Crippen LogP contribution is -2.44. The standard InChI is InChI=1S/C26H36N6O2/c1-3-23(31-9-13-34-14-10-31)4-2-20(1)21-15-24-25(18-28-26(24)27-16-21)22-17-29-32(19-22)6-5-30-7-11-33-12-8-30/h15-20,23H,1-14H2,(H,27,28). The van der Waals surface area contributed by atoms with Gasteiger partial charge in [-0.2, -0.15) is 5.10 Å². The fraction of sp³-hybridized carbons (Fsp3) is 0.615. The van der Waals surface area contributed by atoms with Gasteiger partial charge in [-0.15, -0.1) is 0 Å². The van der Waals surface area contributed by atoms with Gasteiger partial charge in [-0.05, 0) is 43.2 Å². The van der Waals surface area contributed by atoms with Crippen LogP contribution in [-0.4, -0.2) is 94.7 Å². The molecule has 0 bridgehead atoms. The molecule has 3 fully saturated rings. The van der Waals surface area contributed by atoms with Crippen LogP contribution in [0.2, 0.25) is 0 Å².